The summed E-state index contributed by atoms with van der Waals surface area (Å²) in [5.41, 5.74) is 2.72. The van der Waals surface area contributed by atoms with Crippen molar-refractivity contribution in [1.29, 1.82) is 0 Å². The van der Waals surface area contributed by atoms with Crippen LogP contribution in [0.1, 0.15) is 24.2 Å². The first-order valence-corrected chi connectivity index (χ1v) is 6.65. The zero-order valence-electron chi connectivity index (χ0n) is 12.6. The monoisotopic (exact) mass is 290 g/mol. The van der Waals surface area contributed by atoms with Gasteiger partial charge in [-0.25, -0.2) is 4.39 Å². The molecule has 0 saturated carbocycles. The van der Waals surface area contributed by atoms with Crippen molar-refractivity contribution in [2.24, 2.45) is 0 Å². The van der Waals surface area contributed by atoms with Gasteiger partial charge < -0.3 is 14.8 Å². The van der Waals surface area contributed by atoms with Crippen molar-refractivity contribution in [3.63, 3.8) is 0 Å². The summed E-state index contributed by atoms with van der Waals surface area (Å²) in [6.07, 6.45) is 1.22. The van der Waals surface area contributed by atoms with Gasteiger partial charge in [0.05, 0.1) is 32.2 Å². The molecule has 0 aliphatic rings. The van der Waals surface area contributed by atoms with E-state index in [1.54, 1.807) is 20.3 Å². The lowest BCUT2D eigenvalue weighted by molar-refractivity contribution is 0.355. The molecule has 0 bridgehead atoms. The van der Waals surface area contributed by atoms with Crippen molar-refractivity contribution in [3.05, 3.63) is 47.5 Å². The number of pyridine rings is 1. The first kappa shape index (κ1) is 15.1. The van der Waals surface area contributed by atoms with Crippen molar-refractivity contribution in [1.82, 2.24) is 4.98 Å². The minimum absolute atomic E-state index is 0.0533. The predicted molar refractivity (Wildman–Crippen MR) is 80.5 cm³/mol. The van der Waals surface area contributed by atoms with E-state index in [1.807, 2.05) is 26.0 Å². The second kappa shape index (κ2) is 6.43. The smallest absolute Gasteiger partial charge is 0.162 e. The largest absolute Gasteiger partial charge is 0.493 e. The van der Waals surface area contributed by atoms with Crippen LogP contribution >= 0.6 is 0 Å². The molecule has 0 fully saturated rings. The van der Waals surface area contributed by atoms with Gasteiger partial charge in [0.25, 0.3) is 0 Å². The molecule has 21 heavy (non-hydrogen) atoms. The lowest BCUT2D eigenvalue weighted by Gasteiger charge is -2.18. The van der Waals surface area contributed by atoms with Gasteiger partial charge in [-0.2, -0.15) is 0 Å². The average Bonchev–Trinajstić information content (AvgIpc) is 2.49. The third-order valence-corrected chi connectivity index (χ3v) is 3.30. The molecular weight excluding hydrogens is 271 g/mol. The number of nitrogens with zero attached hydrogens (tertiary/aromatic N) is 1. The molecule has 4 nitrogen and oxygen atoms in total. The summed E-state index contributed by atoms with van der Waals surface area (Å²) in [6, 6.07) is 6.81. The molecule has 2 rings (SSSR count). The lowest BCUT2D eigenvalue weighted by atomic mass is 10.1. The molecule has 0 aliphatic heterocycles. The van der Waals surface area contributed by atoms with Gasteiger partial charge in [-0.05, 0) is 37.6 Å². The zero-order chi connectivity index (χ0) is 15.4. The first-order chi connectivity index (χ1) is 10.0. The van der Waals surface area contributed by atoms with Gasteiger partial charge in [-0.3, -0.25) is 4.98 Å². The topological polar surface area (TPSA) is 43.4 Å². The van der Waals surface area contributed by atoms with Crippen LogP contribution in [0.25, 0.3) is 0 Å². The van der Waals surface area contributed by atoms with E-state index in [4.69, 9.17) is 9.47 Å². The van der Waals surface area contributed by atoms with Crippen LogP contribution in [0.3, 0.4) is 0 Å². The number of methoxy groups -OCH3 is 2. The Morgan fingerprint density at radius 3 is 2.38 bits per heavy atom. The Kier molecular flexibility index (Phi) is 4.62. The van der Waals surface area contributed by atoms with Crippen LogP contribution in [-0.4, -0.2) is 19.2 Å². The standard InChI is InChI=1S/C16H19FN2O2/c1-10-7-15(20-3)16(21-4)8-14(10)19-11(2)13-6-5-12(17)9-18-13/h5-9,11,19H,1-4H3. The Hall–Kier alpha value is -2.30. The zero-order valence-corrected chi connectivity index (χ0v) is 12.6. The van der Waals surface area contributed by atoms with E-state index in [1.165, 1.54) is 12.3 Å². The molecule has 0 amide bonds. The molecule has 1 heterocycles. The highest BCUT2D eigenvalue weighted by Gasteiger charge is 2.12. The summed E-state index contributed by atoms with van der Waals surface area (Å²) in [5.74, 6) is 1.01. The number of nitrogens with one attached hydrogen (secondary N) is 1. The van der Waals surface area contributed by atoms with E-state index in [0.29, 0.717) is 11.5 Å². The fourth-order valence-corrected chi connectivity index (χ4v) is 2.09. The quantitative estimate of drug-likeness (QED) is 0.911. The average molecular weight is 290 g/mol. The third kappa shape index (κ3) is 3.42. The summed E-state index contributed by atoms with van der Waals surface area (Å²) in [6.45, 7) is 3.95. The van der Waals surface area contributed by atoms with Gasteiger partial charge in [-0.15, -0.1) is 0 Å². The highest BCUT2D eigenvalue weighted by Crippen LogP contribution is 2.34. The van der Waals surface area contributed by atoms with Gasteiger partial charge in [-0.1, -0.05) is 0 Å². The SMILES string of the molecule is COc1cc(C)c(NC(C)c2ccc(F)cn2)cc1OC. The summed E-state index contributed by atoms with van der Waals surface area (Å²) < 4.78 is 23.5. The second-order valence-corrected chi connectivity index (χ2v) is 4.79. The Balaban J connectivity index is 2.24. The fraction of sp³-hybridized carbons (Fsp3) is 0.312. The molecule has 1 aromatic carbocycles. The third-order valence-electron chi connectivity index (χ3n) is 3.30. The molecule has 1 aromatic heterocycles. The maximum atomic E-state index is 12.9. The Morgan fingerprint density at radius 1 is 1.14 bits per heavy atom. The summed E-state index contributed by atoms with van der Waals surface area (Å²) in [4.78, 5) is 4.09. The predicted octanol–water partition coefficient (Wildman–Crippen LogP) is 3.72. The number of ether oxygens (including phenoxy) is 2. The number of benzene rings is 1. The normalized spacial score (nSPS) is 11.9. The number of aryl methyl sites for hydroxylation is 1. The number of aromatic nitrogens is 1. The minimum atomic E-state index is -0.340. The molecule has 0 saturated heterocycles. The van der Waals surface area contributed by atoms with Gasteiger partial charge >= 0.3 is 0 Å². The first-order valence-electron chi connectivity index (χ1n) is 6.65. The van der Waals surface area contributed by atoms with Crippen LogP contribution < -0.4 is 14.8 Å². The van der Waals surface area contributed by atoms with E-state index in [0.717, 1.165) is 16.9 Å². The van der Waals surface area contributed by atoms with Crippen LogP contribution in [0.5, 0.6) is 11.5 Å². The number of hydrogen-bond donors (Lipinski definition) is 1. The molecular formula is C16H19FN2O2. The fourth-order valence-electron chi connectivity index (χ4n) is 2.09. The van der Waals surface area contributed by atoms with Crippen LogP contribution in [0.2, 0.25) is 0 Å². The molecule has 0 radical (unpaired) electrons. The molecule has 1 N–H and O–H groups in total. The molecule has 0 aliphatic carbocycles. The molecule has 1 unspecified atom stereocenters. The maximum absolute atomic E-state index is 12.9. The van der Waals surface area contributed by atoms with E-state index in [9.17, 15) is 4.39 Å². The van der Waals surface area contributed by atoms with Crippen LogP contribution in [0.15, 0.2) is 30.5 Å². The lowest BCUT2D eigenvalue weighted by Crippen LogP contribution is -2.10. The number of hydrogen-bond acceptors (Lipinski definition) is 4. The molecule has 2 aromatic rings. The number of rotatable bonds is 5. The number of anilines is 1. The van der Waals surface area contributed by atoms with Gasteiger partial charge in [0.1, 0.15) is 5.82 Å². The second-order valence-electron chi connectivity index (χ2n) is 4.79. The molecule has 112 valence electrons. The van der Waals surface area contributed by atoms with Crippen molar-refractivity contribution in [2.75, 3.05) is 19.5 Å². The van der Waals surface area contributed by atoms with Crippen LogP contribution in [-0.2, 0) is 0 Å². The molecule has 5 heteroatoms. The number of halogens is 1. The Labute approximate surface area is 123 Å². The van der Waals surface area contributed by atoms with Gasteiger partial charge in [0.2, 0.25) is 0 Å². The Bertz CT molecular complexity index is 614. The van der Waals surface area contributed by atoms with Gasteiger partial charge in [0, 0.05) is 11.8 Å². The van der Waals surface area contributed by atoms with E-state index in [2.05, 4.69) is 10.3 Å². The highest BCUT2D eigenvalue weighted by atomic mass is 19.1. The summed E-state index contributed by atoms with van der Waals surface area (Å²) >= 11 is 0. The Morgan fingerprint density at radius 2 is 1.81 bits per heavy atom. The van der Waals surface area contributed by atoms with E-state index >= 15 is 0 Å². The van der Waals surface area contributed by atoms with Gasteiger partial charge in [0.15, 0.2) is 11.5 Å². The van der Waals surface area contributed by atoms with Crippen molar-refractivity contribution >= 4 is 5.69 Å². The minimum Gasteiger partial charge on any atom is -0.493 e. The molecule has 1 atom stereocenters. The van der Waals surface area contributed by atoms with Crippen molar-refractivity contribution in [3.8, 4) is 11.5 Å². The van der Waals surface area contributed by atoms with Crippen molar-refractivity contribution in [2.45, 2.75) is 19.9 Å². The van der Waals surface area contributed by atoms with Crippen LogP contribution in [0, 0.1) is 12.7 Å². The van der Waals surface area contributed by atoms with Crippen LogP contribution in [0.4, 0.5) is 10.1 Å². The molecule has 0 spiro atoms. The van der Waals surface area contributed by atoms with Crippen molar-refractivity contribution < 1.29 is 13.9 Å². The highest BCUT2D eigenvalue weighted by molar-refractivity contribution is 5.60. The van der Waals surface area contributed by atoms with E-state index in [-0.39, 0.29) is 11.9 Å². The van der Waals surface area contributed by atoms with E-state index < -0.39 is 0 Å². The summed E-state index contributed by atoms with van der Waals surface area (Å²) in [5, 5.41) is 3.35. The maximum Gasteiger partial charge on any atom is 0.162 e. The summed E-state index contributed by atoms with van der Waals surface area (Å²) in [7, 11) is 3.21.